The summed E-state index contributed by atoms with van der Waals surface area (Å²) in [5.74, 6) is 0.933. The first-order valence-electron chi connectivity index (χ1n) is 10.4. The van der Waals surface area contributed by atoms with E-state index >= 15 is 0 Å². The smallest absolute Gasteiger partial charge is 0.410 e. The van der Waals surface area contributed by atoms with Crippen molar-refractivity contribution < 1.29 is 14.3 Å². The Morgan fingerprint density at radius 1 is 1.03 bits per heavy atom. The van der Waals surface area contributed by atoms with E-state index in [0.717, 1.165) is 43.7 Å². The van der Waals surface area contributed by atoms with Gasteiger partial charge in [0, 0.05) is 13.1 Å². The lowest BCUT2D eigenvalue weighted by molar-refractivity contribution is 0.0998. The van der Waals surface area contributed by atoms with Crippen LogP contribution in [-0.4, -0.2) is 43.3 Å². The molecule has 0 unspecified atom stereocenters. The van der Waals surface area contributed by atoms with Gasteiger partial charge in [-0.25, -0.2) is 4.79 Å². The molecule has 29 heavy (non-hydrogen) atoms. The van der Waals surface area contributed by atoms with Crippen molar-refractivity contribution in [2.45, 2.75) is 32.0 Å². The Morgan fingerprint density at radius 2 is 1.79 bits per heavy atom. The summed E-state index contributed by atoms with van der Waals surface area (Å²) in [5.41, 5.74) is 3.46. The van der Waals surface area contributed by atoms with Gasteiger partial charge in [0.25, 0.3) is 0 Å². The number of rotatable bonds is 5. The van der Waals surface area contributed by atoms with Gasteiger partial charge in [0.1, 0.15) is 18.5 Å². The lowest BCUT2D eigenvalue weighted by Gasteiger charge is -2.26. The number of nitrogens with zero attached hydrogens (tertiary/aromatic N) is 1. The number of ether oxygens (including phenoxy) is 2. The molecule has 0 aliphatic carbocycles. The molecule has 1 fully saturated rings. The number of nitrogens with one attached hydrogen (secondary N) is 1. The van der Waals surface area contributed by atoms with Crippen LogP contribution < -0.4 is 10.1 Å². The largest absolute Gasteiger partial charge is 0.490 e. The van der Waals surface area contributed by atoms with Crippen LogP contribution in [0.25, 0.3) is 5.57 Å². The molecule has 0 spiro atoms. The fourth-order valence-electron chi connectivity index (χ4n) is 3.76. The summed E-state index contributed by atoms with van der Waals surface area (Å²) >= 11 is 0. The predicted octanol–water partition coefficient (Wildman–Crippen LogP) is 4.24. The topological polar surface area (TPSA) is 50.8 Å². The number of hydrogen-bond acceptors (Lipinski definition) is 4. The highest BCUT2D eigenvalue weighted by atomic mass is 16.6. The summed E-state index contributed by atoms with van der Waals surface area (Å²) in [6, 6.07) is 18.1. The van der Waals surface area contributed by atoms with Crippen molar-refractivity contribution in [1.29, 1.82) is 0 Å². The molecular formula is C24H28N2O3. The zero-order chi connectivity index (χ0) is 19.9. The maximum absolute atomic E-state index is 12.3. The minimum atomic E-state index is -0.255. The van der Waals surface area contributed by atoms with Crippen LogP contribution in [0.4, 0.5) is 4.79 Å². The monoisotopic (exact) mass is 392 g/mol. The Hall–Kier alpha value is -2.79. The molecule has 0 aromatic heterocycles. The van der Waals surface area contributed by atoms with E-state index in [9.17, 15) is 4.79 Å². The average Bonchev–Trinajstić information content (AvgIpc) is 2.79. The molecule has 2 heterocycles. The molecule has 4 rings (SSSR count). The first-order chi connectivity index (χ1) is 14.3. The summed E-state index contributed by atoms with van der Waals surface area (Å²) in [5, 5.41) is 3.36. The molecule has 0 atom stereocenters. The molecule has 152 valence electrons. The fraction of sp³-hybridized carbons (Fsp3) is 0.375. The van der Waals surface area contributed by atoms with Crippen molar-refractivity contribution in [3.8, 4) is 5.75 Å². The SMILES string of the molecule is O=C(OCc1ccccc1)N1CC=C(c2ccc(OC3CCNCC3)cc2)CC1. The van der Waals surface area contributed by atoms with Gasteiger partial charge in [-0.3, -0.25) is 0 Å². The quantitative estimate of drug-likeness (QED) is 0.827. The Bertz CT molecular complexity index is 827. The number of carbonyl (C=O) groups excluding carboxylic acids is 1. The molecule has 0 radical (unpaired) electrons. The fourth-order valence-corrected chi connectivity index (χ4v) is 3.76. The van der Waals surface area contributed by atoms with Crippen molar-refractivity contribution in [2.24, 2.45) is 0 Å². The summed E-state index contributed by atoms with van der Waals surface area (Å²) in [6.45, 7) is 3.62. The highest BCUT2D eigenvalue weighted by molar-refractivity contribution is 5.72. The zero-order valence-electron chi connectivity index (χ0n) is 16.7. The van der Waals surface area contributed by atoms with Gasteiger partial charge in [-0.1, -0.05) is 48.5 Å². The molecular weight excluding hydrogens is 364 g/mol. The van der Waals surface area contributed by atoms with E-state index in [1.54, 1.807) is 4.90 Å². The van der Waals surface area contributed by atoms with Gasteiger partial charge in [0.15, 0.2) is 0 Å². The third-order valence-corrected chi connectivity index (χ3v) is 5.49. The van der Waals surface area contributed by atoms with Crippen LogP contribution in [-0.2, 0) is 11.3 Å². The van der Waals surface area contributed by atoms with Crippen molar-refractivity contribution in [3.63, 3.8) is 0 Å². The number of benzene rings is 2. The van der Waals surface area contributed by atoms with E-state index in [1.165, 1.54) is 11.1 Å². The molecule has 2 aromatic carbocycles. The van der Waals surface area contributed by atoms with Gasteiger partial charge in [0.2, 0.25) is 0 Å². The molecule has 1 amide bonds. The standard InChI is InChI=1S/C24H28N2O3/c27-24(28-18-19-4-2-1-3-5-19)26-16-12-21(13-17-26)20-6-8-22(9-7-20)29-23-10-14-25-15-11-23/h1-9,12,23,25H,10-11,13-18H2. The molecule has 5 nitrogen and oxygen atoms in total. The van der Waals surface area contributed by atoms with Crippen LogP contribution in [0.5, 0.6) is 5.75 Å². The first-order valence-corrected chi connectivity index (χ1v) is 10.4. The molecule has 2 aliphatic heterocycles. The van der Waals surface area contributed by atoms with Crippen LogP contribution in [0.15, 0.2) is 60.7 Å². The van der Waals surface area contributed by atoms with Gasteiger partial charge in [-0.05, 0) is 61.2 Å². The molecule has 0 saturated carbocycles. The summed E-state index contributed by atoms with van der Waals surface area (Å²) in [6.07, 6.45) is 5.12. The molecule has 1 N–H and O–H groups in total. The average molecular weight is 392 g/mol. The third kappa shape index (κ3) is 5.39. The maximum Gasteiger partial charge on any atom is 0.410 e. The molecule has 1 saturated heterocycles. The Morgan fingerprint density at radius 3 is 2.48 bits per heavy atom. The van der Waals surface area contributed by atoms with Crippen LogP contribution in [0.2, 0.25) is 0 Å². The summed E-state index contributed by atoms with van der Waals surface area (Å²) in [4.78, 5) is 14.1. The Balaban J connectivity index is 1.28. The second-order valence-electron chi connectivity index (χ2n) is 7.56. The van der Waals surface area contributed by atoms with Crippen molar-refractivity contribution in [2.75, 3.05) is 26.2 Å². The second-order valence-corrected chi connectivity index (χ2v) is 7.56. The van der Waals surface area contributed by atoms with Gasteiger partial charge in [0.05, 0.1) is 0 Å². The van der Waals surface area contributed by atoms with Gasteiger partial charge in [-0.15, -0.1) is 0 Å². The highest BCUT2D eigenvalue weighted by Gasteiger charge is 2.19. The van der Waals surface area contributed by atoms with Gasteiger partial charge >= 0.3 is 6.09 Å². The van der Waals surface area contributed by atoms with Crippen LogP contribution in [0, 0.1) is 0 Å². The van der Waals surface area contributed by atoms with E-state index in [4.69, 9.17) is 9.47 Å². The van der Waals surface area contributed by atoms with E-state index in [2.05, 4.69) is 35.7 Å². The lowest BCUT2D eigenvalue weighted by atomic mass is 9.99. The number of piperidine rings is 1. The summed E-state index contributed by atoms with van der Waals surface area (Å²) < 4.78 is 11.5. The van der Waals surface area contributed by atoms with Gasteiger partial charge in [-0.2, -0.15) is 0 Å². The van der Waals surface area contributed by atoms with Crippen LogP contribution in [0.3, 0.4) is 0 Å². The van der Waals surface area contributed by atoms with E-state index in [0.29, 0.717) is 25.8 Å². The summed E-state index contributed by atoms with van der Waals surface area (Å²) in [7, 11) is 0. The third-order valence-electron chi connectivity index (χ3n) is 5.49. The molecule has 0 bridgehead atoms. The number of amides is 1. The Kier molecular flexibility index (Phi) is 6.47. The molecule has 2 aromatic rings. The van der Waals surface area contributed by atoms with Crippen LogP contribution >= 0.6 is 0 Å². The van der Waals surface area contributed by atoms with Gasteiger partial charge < -0.3 is 19.7 Å². The van der Waals surface area contributed by atoms with Crippen molar-refractivity contribution in [1.82, 2.24) is 10.2 Å². The number of hydrogen-bond donors (Lipinski definition) is 1. The van der Waals surface area contributed by atoms with E-state index in [-0.39, 0.29) is 6.09 Å². The molecule has 2 aliphatic rings. The lowest BCUT2D eigenvalue weighted by Crippen LogP contribution is -2.35. The zero-order valence-corrected chi connectivity index (χ0v) is 16.7. The number of carbonyl (C=O) groups is 1. The first kappa shape index (κ1) is 19.5. The molecule has 5 heteroatoms. The maximum atomic E-state index is 12.3. The van der Waals surface area contributed by atoms with Crippen molar-refractivity contribution >= 4 is 11.7 Å². The Labute approximate surface area is 172 Å². The predicted molar refractivity (Wildman–Crippen MR) is 114 cm³/mol. The van der Waals surface area contributed by atoms with E-state index in [1.807, 2.05) is 30.3 Å². The minimum absolute atomic E-state index is 0.255. The minimum Gasteiger partial charge on any atom is -0.490 e. The van der Waals surface area contributed by atoms with Crippen LogP contribution in [0.1, 0.15) is 30.4 Å². The highest BCUT2D eigenvalue weighted by Crippen LogP contribution is 2.25. The van der Waals surface area contributed by atoms with E-state index < -0.39 is 0 Å². The second kappa shape index (κ2) is 9.61. The normalized spacial score (nSPS) is 17.5. The van der Waals surface area contributed by atoms with Crippen molar-refractivity contribution in [3.05, 3.63) is 71.8 Å².